The largest absolute Gasteiger partial charge is 0.459 e. The molecule has 0 saturated carbocycles. The van der Waals surface area contributed by atoms with Gasteiger partial charge in [-0.25, -0.2) is 0 Å². The van der Waals surface area contributed by atoms with E-state index in [1.165, 1.54) is 0 Å². The Hall–Kier alpha value is -1.35. The molecule has 17 heavy (non-hydrogen) atoms. The maximum absolute atomic E-state index is 12.0. The normalized spacial score (nSPS) is 13.2. The summed E-state index contributed by atoms with van der Waals surface area (Å²) in [6.45, 7) is 7.82. The molecule has 0 fully saturated rings. The molecule has 0 amide bonds. The van der Waals surface area contributed by atoms with Crippen molar-refractivity contribution in [3.8, 4) is 0 Å². The lowest BCUT2D eigenvalue weighted by Gasteiger charge is -2.23. The van der Waals surface area contributed by atoms with Crippen LogP contribution in [0.2, 0.25) is 0 Å². The molecule has 0 spiro atoms. The van der Waals surface area contributed by atoms with E-state index in [0.717, 1.165) is 11.1 Å². The van der Waals surface area contributed by atoms with Crippen LogP contribution in [0.3, 0.4) is 0 Å². The number of esters is 1. The number of carbonyl (C=O) groups is 1. The van der Waals surface area contributed by atoms with Gasteiger partial charge in [0.1, 0.15) is 5.60 Å². The van der Waals surface area contributed by atoms with Gasteiger partial charge in [0, 0.05) is 6.54 Å². The topological polar surface area (TPSA) is 52.3 Å². The van der Waals surface area contributed by atoms with Crippen LogP contribution < -0.4 is 5.73 Å². The van der Waals surface area contributed by atoms with Gasteiger partial charge >= 0.3 is 5.97 Å². The zero-order valence-corrected chi connectivity index (χ0v) is 11.0. The summed E-state index contributed by atoms with van der Waals surface area (Å²) in [6, 6.07) is 7.81. The van der Waals surface area contributed by atoms with E-state index >= 15 is 0 Å². The first-order valence-corrected chi connectivity index (χ1v) is 5.83. The summed E-state index contributed by atoms with van der Waals surface area (Å²) >= 11 is 0. The minimum absolute atomic E-state index is 0.259. The van der Waals surface area contributed by atoms with E-state index in [-0.39, 0.29) is 18.4 Å². The molecule has 0 aliphatic rings. The van der Waals surface area contributed by atoms with Crippen LogP contribution in [0.4, 0.5) is 0 Å². The van der Waals surface area contributed by atoms with Gasteiger partial charge in [0.15, 0.2) is 0 Å². The van der Waals surface area contributed by atoms with Crippen LogP contribution in [-0.2, 0) is 9.53 Å². The fourth-order valence-electron chi connectivity index (χ4n) is 1.63. The summed E-state index contributed by atoms with van der Waals surface area (Å²) < 4.78 is 5.37. The highest BCUT2D eigenvalue weighted by Gasteiger charge is 2.25. The maximum Gasteiger partial charge on any atom is 0.315 e. The zero-order chi connectivity index (χ0) is 13.1. The molecule has 0 aliphatic carbocycles. The smallest absolute Gasteiger partial charge is 0.315 e. The highest BCUT2D eigenvalue weighted by Crippen LogP contribution is 2.20. The monoisotopic (exact) mass is 235 g/mol. The Labute approximate surface area is 103 Å². The molecule has 0 aliphatic heterocycles. The van der Waals surface area contributed by atoms with Crippen LogP contribution >= 0.6 is 0 Å². The third kappa shape index (κ3) is 4.19. The number of hydrogen-bond donors (Lipinski definition) is 1. The molecule has 0 radical (unpaired) electrons. The summed E-state index contributed by atoms with van der Waals surface area (Å²) in [4.78, 5) is 12.0. The molecule has 1 aromatic rings. The molecule has 1 rings (SSSR count). The molecule has 1 unspecified atom stereocenters. The molecule has 3 heteroatoms. The van der Waals surface area contributed by atoms with Crippen molar-refractivity contribution >= 4 is 5.97 Å². The van der Waals surface area contributed by atoms with E-state index in [9.17, 15) is 4.79 Å². The Morgan fingerprint density at radius 3 is 2.53 bits per heavy atom. The number of nitrogens with two attached hydrogens (primary N) is 1. The molecule has 1 atom stereocenters. The van der Waals surface area contributed by atoms with Crippen molar-refractivity contribution in [3.63, 3.8) is 0 Å². The average molecular weight is 235 g/mol. The fraction of sp³-hybridized carbons (Fsp3) is 0.500. The second-order valence-corrected chi connectivity index (χ2v) is 5.24. The number of rotatable bonds is 3. The second kappa shape index (κ2) is 5.32. The number of ether oxygens (including phenoxy) is 1. The highest BCUT2D eigenvalue weighted by molar-refractivity contribution is 5.78. The van der Waals surface area contributed by atoms with Gasteiger partial charge in [-0.3, -0.25) is 4.79 Å². The van der Waals surface area contributed by atoms with E-state index in [0.29, 0.717) is 0 Å². The Morgan fingerprint density at radius 1 is 1.41 bits per heavy atom. The Bertz CT molecular complexity index is 393. The number of hydrogen-bond acceptors (Lipinski definition) is 3. The van der Waals surface area contributed by atoms with Crippen molar-refractivity contribution in [2.24, 2.45) is 5.73 Å². The van der Waals surface area contributed by atoms with Crippen LogP contribution in [-0.4, -0.2) is 18.1 Å². The second-order valence-electron chi connectivity index (χ2n) is 5.24. The first kappa shape index (κ1) is 13.7. The van der Waals surface area contributed by atoms with Crippen LogP contribution in [0, 0.1) is 6.92 Å². The molecule has 0 aromatic heterocycles. The minimum Gasteiger partial charge on any atom is -0.459 e. The molecular weight excluding hydrogens is 214 g/mol. The Kier molecular flexibility index (Phi) is 4.29. The summed E-state index contributed by atoms with van der Waals surface area (Å²) in [7, 11) is 0. The van der Waals surface area contributed by atoms with Gasteiger partial charge < -0.3 is 10.5 Å². The molecule has 0 bridgehead atoms. The van der Waals surface area contributed by atoms with Crippen molar-refractivity contribution in [1.82, 2.24) is 0 Å². The highest BCUT2D eigenvalue weighted by atomic mass is 16.6. The summed E-state index contributed by atoms with van der Waals surface area (Å²) in [5.74, 6) is -0.639. The predicted molar refractivity (Wildman–Crippen MR) is 68.8 cm³/mol. The van der Waals surface area contributed by atoms with Crippen LogP contribution in [0.25, 0.3) is 0 Å². The van der Waals surface area contributed by atoms with Gasteiger partial charge in [-0.15, -0.1) is 0 Å². The van der Waals surface area contributed by atoms with Gasteiger partial charge in [0.25, 0.3) is 0 Å². The third-order valence-electron chi connectivity index (χ3n) is 2.37. The van der Waals surface area contributed by atoms with E-state index < -0.39 is 5.60 Å². The van der Waals surface area contributed by atoms with Crippen LogP contribution in [0.1, 0.15) is 37.8 Å². The minimum atomic E-state index is -0.478. The fourth-order valence-corrected chi connectivity index (χ4v) is 1.63. The zero-order valence-electron chi connectivity index (χ0n) is 11.0. The molecule has 94 valence electrons. The first-order chi connectivity index (χ1) is 7.83. The van der Waals surface area contributed by atoms with Crippen LogP contribution in [0.15, 0.2) is 24.3 Å². The molecule has 1 aromatic carbocycles. The summed E-state index contributed by atoms with van der Waals surface area (Å²) in [5, 5.41) is 0. The van der Waals surface area contributed by atoms with Gasteiger partial charge in [0.2, 0.25) is 0 Å². The van der Waals surface area contributed by atoms with E-state index in [2.05, 4.69) is 0 Å². The first-order valence-electron chi connectivity index (χ1n) is 5.83. The summed E-state index contributed by atoms with van der Waals surface area (Å²) in [6.07, 6.45) is 0. The lowest BCUT2D eigenvalue weighted by molar-refractivity contribution is -0.156. The average Bonchev–Trinajstić information content (AvgIpc) is 2.15. The molecule has 0 saturated heterocycles. The lowest BCUT2D eigenvalue weighted by Crippen LogP contribution is -2.31. The Balaban J connectivity index is 2.88. The Morgan fingerprint density at radius 2 is 2.06 bits per heavy atom. The van der Waals surface area contributed by atoms with Gasteiger partial charge in [-0.05, 0) is 33.3 Å². The van der Waals surface area contributed by atoms with Gasteiger partial charge in [-0.1, -0.05) is 29.8 Å². The third-order valence-corrected chi connectivity index (χ3v) is 2.37. The standard InChI is InChI=1S/C14H21NO2/c1-10-6-5-7-11(8-10)12(9-15)13(16)17-14(2,3)4/h5-8,12H,9,15H2,1-4H3. The van der Waals surface area contributed by atoms with Crippen molar-refractivity contribution in [3.05, 3.63) is 35.4 Å². The van der Waals surface area contributed by atoms with E-state index in [4.69, 9.17) is 10.5 Å². The summed E-state index contributed by atoms with van der Waals surface area (Å²) in [5.41, 5.74) is 7.23. The number of benzene rings is 1. The van der Waals surface area contributed by atoms with Crippen LogP contribution in [0.5, 0.6) is 0 Å². The maximum atomic E-state index is 12.0. The molecule has 2 N–H and O–H groups in total. The number of aryl methyl sites for hydroxylation is 1. The van der Waals surface area contributed by atoms with Crippen molar-refractivity contribution in [1.29, 1.82) is 0 Å². The predicted octanol–water partition coefficient (Wildman–Crippen LogP) is 2.38. The number of carbonyl (C=O) groups excluding carboxylic acids is 1. The van der Waals surface area contributed by atoms with E-state index in [1.54, 1.807) is 0 Å². The SMILES string of the molecule is Cc1cccc(C(CN)C(=O)OC(C)(C)C)c1. The van der Waals surface area contributed by atoms with Crippen molar-refractivity contribution < 1.29 is 9.53 Å². The van der Waals surface area contributed by atoms with E-state index in [1.807, 2.05) is 52.0 Å². The van der Waals surface area contributed by atoms with Crippen molar-refractivity contribution in [2.75, 3.05) is 6.54 Å². The van der Waals surface area contributed by atoms with Gasteiger partial charge in [0.05, 0.1) is 5.92 Å². The quantitative estimate of drug-likeness (QED) is 0.818. The van der Waals surface area contributed by atoms with Crippen molar-refractivity contribution in [2.45, 2.75) is 39.2 Å². The van der Waals surface area contributed by atoms with Gasteiger partial charge in [-0.2, -0.15) is 0 Å². The molecule has 0 heterocycles. The molecule has 3 nitrogen and oxygen atoms in total. The molecular formula is C14H21NO2. The lowest BCUT2D eigenvalue weighted by atomic mass is 9.97.